The monoisotopic (exact) mass is 265 g/mol. The second-order valence-corrected chi connectivity index (χ2v) is 4.60. The van der Waals surface area contributed by atoms with E-state index in [1.807, 2.05) is 0 Å². The van der Waals surface area contributed by atoms with E-state index in [1.54, 1.807) is 0 Å². The number of aromatic hydroxyl groups is 2. The quantitative estimate of drug-likeness (QED) is 0.726. The lowest BCUT2D eigenvalue weighted by molar-refractivity contribution is -0.114. The number of carbonyl (C=O) groups is 1. The Morgan fingerprint density at radius 1 is 1.44 bits per heavy atom. The fourth-order valence-corrected chi connectivity index (χ4v) is 1.92. The van der Waals surface area contributed by atoms with E-state index in [-0.39, 0.29) is 17.3 Å². The number of nitrogens with zero attached hydrogens (tertiary/aromatic N) is 2. The average Bonchev–Trinajstić information content (AvgIpc) is 2.75. The predicted molar refractivity (Wildman–Crippen MR) is 66.6 cm³/mol. The molecule has 18 heavy (non-hydrogen) atoms. The Bertz CT molecular complexity index is 583. The van der Waals surface area contributed by atoms with Crippen LogP contribution in [0.5, 0.6) is 11.5 Å². The molecule has 1 aromatic heterocycles. The van der Waals surface area contributed by atoms with Crippen LogP contribution in [0.15, 0.2) is 23.4 Å². The standard InChI is InChI=1S/C11H11N3O3S/c1-6(15)5-18-11-12-10(13-14-11)8-3-2-7(16)4-9(8)17/h2-4,16-17H,5H2,1H3,(H,12,13,14). The Morgan fingerprint density at radius 2 is 2.22 bits per heavy atom. The highest BCUT2D eigenvalue weighted by molar-refractivity contribution is 7.99. The Morgan fingerprint density at radius 3 is 2.89 bits per heavy atom. The lowest BCUT2D eigenvalue weighted by Gasteiger charge is -2.00. The zero-order valence-corrected chi connectivity index (χ0v) is 10.4. The number of carbonyl (C=O) groups excluding carboxylic acids is 1. The van der Waals surface area contributed by atoms with Crippen LogP contribution in [0.25, 0.3) is 11.4 Å². The largest absolute Gasteiger partial charge is 0.508 e. The second-order valence-electron chi connectivity index (χ2n) is 3.66. The molecule has 0 spiro atoms. The molecule has 1 aromatic carbocycles. The van der Waals surface area contributed by atoms with Crippen LogP contribution in [0.4, 0.5) is 0 Å². The van der Waals surface area contributed by atoms with Crippen LogP contribution >= 0.6 is 11.8 Å². The van der Waals surface area contributed by atoms with E-state index in [0.29, 0.717) is 22.3 Å². The summed E-state index contributed by atoms with van der Waals surface area (Å²) in [5.41, 5.74) is 0.440. The summed E-state index contributed by atoms with van der Waals surface area (Å²) in [6.07, 6.45) is 0. The van der Waals surface area contributed by atoms with Crippen molar-refractivity contribution in [1.29, 1.82) is 0 Å². The van der Waals surface area contributed by atoms with Gasteiger partial charge in [-0.15, -0.1) is 5.10 Å². The lowest BCUT2D eigenvalue weighted by Crippen LogP contribution is -1.93. The Hall–Kier alpha value is -2.02. The number of thioether (sulfide) groups is 1. The van der Waals surface area contributed by atoms with Crippen molar-refractivity contribution in [3.63, 3.8) is 0 Å². The summed E-state index contributed by atoms with van der Waals surface area (Å²) in [6.45, 7) is 1.49. The number of H-pyrrole nitrogens is 1. The van der Waals surface area contributed by atoms with Gasteiger partial charge in [0.2, 0.25) is 5.16 Å². The van der Waals surface area contributed by atoms with Gasteiger partial charge in [0, 0.05) is 6.07 Å². The summed E-state index contributed by atoms with van der Waals surface area (Å²) in [4.78, 5) is 15.0. The highest BCUT2D eigenvalue weighted by Gasteiger charge is 2.11. The number of hydrogen-bond acceptors (Lipinski definition) is 6. The first-order chi connectivity index (χ1) is 8.56. The van der Waals surface area contributed by atoms with Crippen molar-refractivity contribution in [1.82, 2.24) is 15.2 Å². The molecule has 0 saturated heterocycles. The third-order valence-electron chi connectivity index (χ3n) is 2.11. The first-order valence-electron chi connectivity index (χ1n) is 5.13. The normalized spacial score (nSPS) is 10.5. The number of phenols is 2. The molecular weight excluding hydrogens is 254 g/mol. The second kappa shape index (κ2) is 5.09. The van der Waals surface area contributed by atoms with Gasteiger partial charge in [0.15, 0.2) is 5.82 Å². The molecule has 0 unspecified atom stereocenters. The zero-order valence-electron chi connectivity index (χ0n) is 9.54. The SMILES string of the molecule is CC(=O)CSc1n[nH]c(-c2ccc(O)cc2O)n1. The number of aromatic amines is 1. The first kappa shape index (κ1) is 12.4. The van der Waals surface area contributed by atoms with Crippen LogP contribution in [0.3, 0.4) is 0 Å². The molecule has 2 aromatic rings. The fraction of sp³-hybridized carbons (Fsp3) is 0.182. The molecule has 0 atom stereocenters. The minimum Gasteiger partial charge on any atom is -0.508 e. The molecule has 94 valence electrons. The zero-order chi connectivity index (χ0) is 13.1. The van der Waals surface area contributed by atoms with Crippen molar-refractivity contribution < 1.29 is 15.0 Å². The Kier molecular flexibility index (Phi) is 3.52. The molecule has 2 rings (SSSR count). The van der Waals surface area contributed by atoms with E-state index in [4.69, 9.17) is 0 Å². The molecule has 3 N–H and O–H groups in total. The summed E-state index contributed by atoms with van der Waals surface area (Å²) in [5, 5.41) is 25.9. The van der Waals surface area contributed by atoms with Crippen LogP contribution in [-0.4, -0.2) is 36.9 Å². The molecule has 0 fully saturated rings. The van der Waals surface area contributed by atoms with Gasteiger partial charge in [-0.05, 0) is 19.1 Å². The van der Waals surface area contributed by atoms with Gasteiger partial charge < -0.3 is 10.2 Å². The van der Waals surface area contributed by atoms with E-state index in [1.165, 1.54) is 36.9 Å². The third-order valence-corrected chi connectivity index (χ3v) is 3.10. The lowest BCUT2D eigenvalue weighted by atomic mass is 10.2. The maximum atomic E-state index is 10.8. The molecule has 0 aliphatic carbocycles. The van der Waals surface area contributed by atoms with Crippen LogP contribution in [-0.2, 0) is 4.79 Å². The van der Waals surface area contributed by atoms with E-state index >= 15 is 0 Å². The third kappa shape index (κ3) is 2.80. The number of rotatable bonds is 4. The molecule has 6 nitrogen and oxygen atoms in total. The van der Waals surface area contributed by atoms with E-state index in [0.717, 1.165) is 0 Å². The smallest absolute Gasteiger partial charge is 0.209 e. The fourth-order valence-electron chi connectivity index (χ4n) is 1.32. The molecule has 0 radical (unpaired) electrons. The molecule has 0 amide bonds. The van der Waals surface area contributed by atoms with Gasteiger partial charge in [0.05, 0.1) is 11.3 Å². The maximum absolute atomic E-state index is 10.8. The number of benzene rings is 1. The van der Waals surface area contributed by atoms with Gasteiger partial charge in [-0.25, -0.2) is 4.98 Å². The summed E-state index contributed by atoms with van der Waals surface area (Å²) in [5.74, 6) is 0.618. The molecule has 0 saturated carbocycles. The highest BCUT2D eigenvalue weighted by Crippen LogP contribution is 2.30. The van der Waals surface area contributed by atoms with Crippen molar-refractivity contribution in [2.45, 2.75) is 12.1 Å². The number of aromatic nitrogens is 3. The van der Waals surface area contributed by atoms with Crippen molar-refractivity contribution in [3.8, 4) is 22.9 Å². The molecule has 7 heteroatoms. The summed E-state index contributed by atoms with van der Waals surface area (Å²) >= 11 is 1.22. The van der Waals surface area contributed by atoms with Crippen LogP contribution < -0.4 is 0 Å². The Labute approximate surface area is 107 Å². The van der Waals surface area contributed by atoms with Gasteiger partial charge in [0.25, 0.3) is 0 Å². The van der Waals surface area contributed by atoms with Crippen molar-refractivity contribution >= 4 is 17.5 Å². The maximum Gasteiger partial charge on any atom is 0.209 e. The van der Waals surface area contributed by atoms with Gasteiger partial charge >= 0.3 is 0 Å². The van der Waals surface area contributed by atoms with Crippen molar-refractivity contribution in [3.05, 3.63) is 18.2 Å². The van der Waals surface area contributed by atoms with Gasteiger partial charge in [-0.2, -0.15) is 0 Å². The molecule has 1 heterocycles. The molecular formula is C11H11N3O3S. The average molecular weight is 265 g/mol. The van der Waals surface area contributed by atoms with E-state index in [9.17, 15) is 15.0 Å². The minimum absolute atomic E-state index is 0.0260. The van der Waals surface area contributed by atoms with Crippen LogP contribution in [0.2, 0.25) is 0 Å². The van der Waals surface area contributed by atoms with Crippen molar-refractivity contribution in [2.24, 2.45) is 0 Å². The molecule has 0 aliphatic rings. The summed E-state index contributed by atoms with van der Waals surface area (Å²) < 4.78 is 0. The van der Waals surface area contributed by atoms with Gasteiger partial charge in [0.1, 0.15) is 17.3 Å². The number of phenolic OH excluding ortho intramolecular Hbond substituents is 2. The topological polar surface area (TPSA) is 99.1 Å². The molecule has 0 aliphatic heterocycles. The van der Waals surface area contributed by atoms with E-state index < -0.39 is 0 Å². The van der Waals surface area contributed by atoms with Gasteiger partial charge in [-0.1, -0.05) is 11.8 Å². The number of nitrogens with one attached hydrogen (secondary N) is 1. The number of Topliss-reactive ketones (excluding diaryl/α,β-unsaturated/α-hetero) is 1. The van der Waals surface area contributed by atoms with Crippen molar-refractivity contribution in [2.75, 3.05) is 5.75 Å². The van der Waals surface area contributed by atoms with Crippen LogP contribution in [0.1, 0.15) is 6.92 Å². The van der Waals surface area contributed by atoms with Gasteiger partial charge in [-0.3, -0.25) is 9.89 Å². The summed E-state index contributed by atoms with van der Waals surface area (Å²) in [6, 6.07) is 4.20. The number of hydrogen-bond donors (Lipinski definition) is 3. The first-order valence-corrected chi connectivity index (χ1v) is 6.12. The predicted octanol–water partition coefficient (Wildman–Crippen LogP) is 1.56. The van der Waals surface area contributed by atoms with E-state index in [2.05, 4.69) is 15.2 Å². The summed E-state index contributed by atoms with van der Waals surface area (Å²) in [7, 11) is 0. The van der Waals surface area contributed by atoms with Crippen LogP contribution in [0, 0.1) is 0 Å². The highest BCUT2D eigenvalue weighted by atomic mass is 32.2. The number of ketones is 1. The molecule has 0 bridgehead atoms. The minimum atomic E-state index is -0.0886. The Balaban J connectivity index is 2.21.